The number of amidine groups is 1. The molecule has 0 spiro atoms. The fraction of sp³-hybridized carbons (Fsp3) is 0.448. The van der Waals surface area contributed by atoms with E-state index in [1.54, 1.807) is 62.9 Å². The second-order valence-electron chi connectivity index (χ2n) is 10.5. The van der Waals surface area contributed by atoms with E-state index in [-0.39, 0.29) is 30.5 Å². The van der Waals surface area contributed by atoms with Gasteiger partial charge in [-0.3, -0.25) is 29.6 Å². The summed E-state index contributed by atoms with van der Waals surface area (Å²) < 4.78 is 0. The number of nitrogens with two attached hydrogens (primary N) is 2. The van der Waals surface area contributed by atoms with Gasteiger partial charge in [0.05, 0.1) is 12.5 Å². The van der Waals surface area contributed by atoms with Crippen molar-refractivity contribution in [2.45, 2.75) is 57.0 Å². The highest BCUT2D eigenvalue weighted by atomic mass is 16.2. The SMILES string of the molecule is CN(C)C(=O)C(Cc1ccc(C(=N)N)cc1)C(=O)N[C@H](C(=O)NC(CC(N)=O)c1ccncc1)C1CCCCC1. The van der Waals surface area contributed by atoms with E-state index in [2.05, 4.69) is 15.6 Å². The van der Waals surface area contributed by atoms with Crippen LogP contribution in [0, 0.1) is 17.2 Å². The van der Waals surface area contributed by atoms with Gasteiger partial charge >= 0.3 is 0 Å². The second kappa shape index (κ2) is 14.2. The average molecular weight is 550 g/mol. The van der Waals surface area contributed by atoms with Gasteiger partial charge in [-0.05, 0) is 48.4 Å². The fourth-order valence-electron chi connectivity index (χ4n) is 5.09. The summed E-state index contributed by atoms with van der Waals surface area (Å²) >= 11 is 0. The predicted molar refractivity (Wildman–Crippen MR) is 151 cm³/mol. The van der Waals surface area contributed by atoms with E-state index in [0.717, 1.165) is 37.7 Å². The molecule has 11 nitrogen and oxygen atoms in total. The zero-order valence-corrected chi connectivity index (χ0v) is 23.1. The van der Waals surface area contributed by atoms with Crippen molar-refractivity contribution >= 4 is 29.5 Å². The van der Waals surface area contributed by atoms with Crippen LogP contribution in [0.1, 0.15) is 61.3 Å². The van der Waals surface area contributed by atoms with Gasteiger partial charge in [0.2, 0.25) is 23.6 Å². The second-order valence-corrected chi connectivity index (χ2v) is 10.5. The van der Waals surface area contributed by atoms with Crippen molar-refractivity contribution in [3.05, 3.63) is 65.5 Å². The highest BCUT2D eigenvalue weighted by Gasteiger charge is 2.36. The Morgan fingerprint density at radius 1 is 0.950 bits per heavy atom. The molecule has 1 aliphatic carbocycles. The molecular formula is C29H39N7O4. The fourth-order valence-corrected chi connectivity index (χ4v) is 5.09. The lowest BCUT2D eigenvalue weighted by molar-refractivity contribution is -0.142. The third kappa shape index (κ3) is 8.36. The number of carbonyl (C=O) groups excluding carboxylic acids is 4. The predicted octanol–water partition coefficient (Wildman–Crippen LogP) is 1.41. The molecule has 7 N–H and O–H groups in total. The molecule has 1 saturated carbocycles. The van der Waals surface area contributed by atoms with Gasteiger partial charge < -0.3 is 27.0 Å². The van der Waals surface area contributed by atoms with Gasteiger partial charge in [-0.15, -0.1) is 0 Å². The summed E-state index contributed by atoms with van der Waals surface area (Å²) in [5, 5.41) is 13.4. The molecule has 3 rings (SSSR count). The number of benzene rings is 1. The maximum absolute atomic E-state index is 13.7. The Hall–Kier alpha value is -4.28. The van der Waals surface area contributed by atoms with Gasteiger partial charge in [0.25, 0.3) is 0 Å². The van der Waals surface area contributed by atoms with Crippen LogP contribution in [0.2, 0.25) is 0 Å². The van der Waals surface area contributed by atoms with Gasteiger partial charge in [-0.1, -0.05) is 43.5 Å². The maximum Gasteiger partial charge on any atom is 0.243 e. The van der Waals surface area contributed by atoms with Crippen LogP contribution in [0.3, 0.4) is 0 Å². The first-order chi connectivity index (χ1) is 19.1. The third-order valence-electron chi connectivity index (χ3n) is 7.29. The van der Waals surface area contributed by atoms with E-state index in [0.29, 0.717) is 11.1 Å². The molecule has 3 atom stereocenters. The minimum atomic E-state index is -1.07. The van der Waals surface area contributed by atoms with Crippen molar-refractivity contribution in [1.82, 2.24) is 20.5 Å². The first-order valence-electron chi connectivity index (χ1n) is 13.5. The van der Waals surface area contributed by atoms with Crippen molar-refractivity contribution in [3.63, 3.8) is 0 Å². The van der Waals surface area contributed by atoms with Crippen LogP contribution in [0.5, 0.6) is 0 Å². The van der Waals surface area contributed by atoms with Gasteiger partial charge in [0.1, 0.15) is 17.8 Å². The smallest absolute Gasteiger partial charge is 0.243 e. The first kappa shape index (κ1) is 30.3. The zero-order valence-electron chi connectivity index (χ0n) is 23.1. The number of hydrogen-bond donors (Lipinski definition) is 5. The molecule has 1 aromatic heterocycles. The summed E-state index contributed by atoms with van der Waals surface area (Å²) in [5.41, 5.74) is 12.9. The monoisotopic (exact) mass is 549 g/mol. The number of hydrogen-bond acceptors (Lipinski definition) is 6. The molecule has 1 aromatic carbocycles. The summed E-state index contributed by atoms with van der Waals surface area (Å²) in [6.45, 7) is 0. The lowest BCUT2D eigenvalue weighted by atomic mass is 9.83. The summed E-state index contributed by atoms with van der Waals surface area (Å²) in [6.07, 6.45) is 7.56. The van der Waals surface area contributed by atoms with E-state index < -0.39 is 35.7 Å². The van der Waals surface area contributed by atoms with E-state index in [1.165, 1.54) is 4.90 Å². The van der Waals surface area contributed by atoms with Gasteiger partial charge in [-0.2, -0.15) is 0 Å². The van der Waals surface area contributed by atoms with Gasteiger partial charge in [-0.25, -0.2) is 0 Å². The number of nitrogens with zero attached hydrogens (tertiary/aromatic N) is 2. The summed E-state index contributed by atoms with van der Waals surface area (Å²) in [5.74, 6) is -3.20. The van der Waals surface area contributed by atoms with Crippen molar-refractivity contribution in [2.24, 2.45) is 23.3 Å². The molecule has 2 aromatic rings. The van der Waals surface area contributed by atoms with Crippen molar-refractivity contribution in [2.75, 3.05) is 14.1 Å². The first-order valence-corrected chi connectivity index (χ1v) is 13.5. The number of pyridine rings is 1. The molecule has 1 heterocycles. The van der Waals surface area contributed by atoms with Gasteiger partial charge in [0.15, 0.2) is 0 Å². The number of nitrogen functional groups attached to an aromatic ring is 1. The van der Waals surface area contributed by atoms with E-state index in [4.69, 9.17) is 16.9 Å². The Morgan fingerprint density at radius 3 is 2.12 bits per heavy atom. The Bertz CT molecular complexity index is 1190. The van der Waals surface area contributed by atoms with Crippen LogP contribution >= 0.6 is 0 Å². The number of primary amides is 1. The van der Waals surface area contributed by atoms with Crippen LogP contribution in [0.25, 0.3) is 0 Å². The number of aromatic nitrogens is 1. The standard InChI is InChI=1S/C29H39N7O4/c1-36(2)29(40)22(16-18-8-10-21(11-9-18)26(31)32)27(38)35-25(20-6-4-3-5-7-20)28(39)34-23(17-24(30)37)19-12-14-33-15-13-19/h8-15,20,22-23,25H,3-7,16-17H2,1-2H3,(H2,30,37)(H3,31,32)(H,34,39)(H,35,38)/t22?,23?,25-/m0/s1. The van der Waals surface area contributed by atoms with Crippen LogP contribution < -0.4 is 22.1 Å². The minimum Gasteiger partial charge on any atom is -0.384 e. The number of rotatable bonds is 12. The molecular weight excluding hydrogens is 510 g/mol. The Balaban J connectivity index is 1.86. The van der Waals surface area contributed by atoms with Crippen LogP contribution in [0.4, 0.5) is 0 Å². The van der Waals surface area contributed by atoms with Crippen molar-refractivity contribution < 1.29 is 19.2 Å². The van der Waals surface area contributed by atoms with Crippen LogP contribution in [0.15, 0.2) is 48.8 Å². The van der Waals surface area contributed by atoms with E-state index in [1.807, 2.05) is 0 Å². The number of nitrogens with one attached hydrogen (secondary N) is 3. The Morgan fingerprint density at radius 2 is 1.57 bits per heavy atom. The molecule has 0 bridgehead atoms. The van der Waals surface area contributed by atoms with Crippen LogP contribution in [-0.4, -0.2) is 59.5 Å². The van der Waals surface area contributed by atoms with Crippen LogP contribution in [-0.2, 0) is 25.6 Å². The topological polar surface area (TPSA) is 184 Å². The summed E-state index contributed by atoms with van der Waals surface area (Å²) in [7, 11) is 3.16. The average Bonchev–Trinajstić information content (AvgIpc) is 2.94. The molecule has 0 aliphatic heterocycles. The minimum absolute atomic E-state index is 0.0760. The summed E-state index contributed by atoms with van der Waals surface area (Å²) in [4.78, 5) is 57.7. The lowest BCUT2D eigenvalue weighted by Gasteiger charge is -2.32. The summed E-state index contributed by atoms with van der Waals surface area (Å²) in [6, 6.07) is 8.63. The molecule has 1 fully saturated rings. The molecule has 0 saturated heterocycles. The lowest BCUT2D eigenvalue weighted by Crippen LogP contribution is -2.55. The molecule has 1 aliphatic rings. The maximum atomic E-state index is 13.7. The molecule has 40 heavy (non-hydrogen) atoms. The molecule has 11 heteroatoms. The Labute approximate surface area is 234 Å². The van der Waals surface area contributed by atoms with E-state index in [9.17, 15) is 19.2 Å². The molecule has 4 amide bonds. The third-order valence-corrected chi connectivity index (χ3v) is 7.29. The molecule has 0 radical (unpaired) electrons. The quantitative estimate of drug-likeness (QED) is 0.151. The van der Waals surface area contributed by atoms with Crippen molar-refractivity contribution in [1.29, 1.82) is 5.41 Å². The zero-order chi connectivity index (χ0) is 29.2. The normalized spacial score (nSPS) is 15.8. The Kier molecular flexibility index (Phi) is 10.7. The molecule has 214 valence electrons. The number of amides is 4. The molecule has 2 unspecified atom stereocenters. The van der Waals surface area contributed by atoms with Gasteiger partial charge in [0, 0.05) is 32.1 Å². The highest BCUT2D eigenvalue weighted by Crippen LogP contribution is 2.28. The van der Waals surface area contributed by atoms with E-state index >= 15 is 0 Å². The largest absolute Gasteiger partial charge is 0.384 e. The number of carbonyl (C=O) groups is 4. The highest BCUT2D eigenvalue weighted by molar-refractivity contribution is 6.02. The van der Waals surface area contributed by atoms with Crippen molar-refractivity contribution in [3.8, 4) is 0 Å².